The first-order chi connectivity index (χ1) is 35.9. The van der Waals surface area contributed by atoms with Gasteiger partial charge in [-0.1, -0.05) is 202 Å². The number of aromatic nitrogens is 4. The third-order valence-electron chi connectivity index (χ3n) is 15.4. The highest BCUT2D eigenvalue weighted by molar-refractivity contribution is 6.33. The van der Waals surface area contributed by atoms with Crippen LogP contribution in [0, 0.1) is 0 Å². The zero-order valence-electron chi connectivity index (χ0n) is 40.1. The first-order valence-corrected chi connectivity index (χ1v) is 25.0. The van der Waals surface area contributed by atoms with Crippen LogP contribution in [0.5, 0.6) is 0 Å². The van der Waals surface area contributed by atoms with Crippen LogP contribution in [0.4, 0.5) is 0 Å². The molecule has 0 saturated carbocycles. The van der Waals surface area contributed by atoms with Crippen molar-refractivity contribution >= 4 is 65.3 Å². The number of nitrogens with zero attached hydrogens (tertiary/aromatic N) is 4. The third kappa shape index (κ3) is 6.32. The summed E-state index contributed by atoms with van der Waals surface area (Å²) in [7, 11) is 0. The van der Waals surface area contributed by atoms with Crippen LogP contribution < -0.4 is 0 Å². The minimum absolute atomic E-state index is 0.0534. The summed E-state index contributed by atoms with van der Waals surface area (Å²) in [6.45, 7) is 4.68. The molecule has 15 rings (SSSR count). The summed E-state index contributed by atoms with van der Waals surface area (Å²) in [5, 5.41) is 9.41. The van der Waals surface area contributed by atoms with Gasteiger partial charge in [0.2, 0.25) is 0 Å². The molecular formula is C68H44N4O. The molecule has 1 aliphatic rings. The molecule has 0 bridgehead atoms. The Morgan fingerprint density at radius 2 is 0.877 bits per heavy atom. The predicted octanol–water partition coefficient (Wildman–Crippen LogP) is 17.8. The van der Waals surface area contributed by atoms with Crippen LogP contribution in [0.3, 0.4) is 0 Å². The minimum Gasteiger partial charge on any atom is -0.456 e. The van der Waals surface area contributed by atoms with Gasteiger partial charge in [-0.2, -0.15) is 0 Å². The molecule has 0 amide bonds. The summed E-state index contributed by atoms with van der Waals surface area (Å²) < 4.78 is 8.85. The lowest BCUT2D eigenvalue weighted by Gasteiger charge is -2.21. The zero-order chi connectivity index (χ0) is 48.4. The zero-order valence-corrected chi connectivity index (χ0v) is 40.1. The minimum atomic E-state index is -0.0534. The molecule has 0 aliphatic heterocycles. The van der Waals surface area contributed by atoms with Gasteiger partial charge in [-0.25, -0.2) is 15.0 Å². The van der Waals surface area contributed by atoms with Gasteiger partial charge in [-0.15, -0.1) is 0 Å². The molecule has 0 spiro atoms. The Morgan fingerprint density at radius 3 is 1.71 bits per heavy atom. The molecule has 0 saturated heterocycles. The van der Waals surface area contributed by atoms with Crippen LogP contribution in [0.25, 0.3) is 139 Å². The Labute approximate surface area is 421 Å². The normalized spacial score (nSPS) is 12.9. The standard InChI is InChI=1S/C68H44N4O/c1-68(2)58-31-12-10-25-51(58)57-39-43(34-36-59(57)68)42-19-14-20-44(37-42)48-29-16-30-56-62-54-27-8-6-23-49(54)50-24-7-9-28-55(50)64(62)72(63(48)56)47-22-15-21-45(38-47)66-69-65(41-17-4-3-5-18-41)70-67(71-66)46-33-35-53-52-26-11-13-32-60(52)73-61(53)40-46/h3-40H,1-2H3. The molecule has 5 heteroatoms. The number of hydrogen-bond donors (Lipinski definition) is 0. The van der Waals surface area contributed by atoms with Crippen LogP contribution in [0.1, 0.15) is 25.0 Å². The van der Waals surface area contributed by atoms with Crippen LogP contribution in [0.2, 0.25) is 0 Å². The molecule has 0 atom stereocenters. The summed E-state index contributed by atoms with van der Waals surface area (Å²) in [5.41, 5.74) is 17.6. The second-order valence-corrected chi connectivity index (χ2v) is 19.9. The average Bonchev–Trinajstić information content (AvgIpc) is 4.12. The average molecular weight is 933 g/mol. The highest BCUT2D eigenvalue weighted by atomic mass is 16.3. The second kappa shape index (κ2) is 15.8. The van der Waals surface area contributed by atoms with Crippen molar-refractivity contribution in [2.45, 2.75) is 19.3 Å². The number of hydrogen-bond acceptors (Lipinski definition) is 4. The molecule has 73 heavy (non-hydrogen) atoms. The van der Waals surface area contributed by atoms with Crippen molar-refractivity contribution < 1.29 is 4.42 Å². The lowest BCUT2D eigenvalue weighted by atomic mass is 9.82. The van der Waals surface area contributed by atoms with Crippen LogP contribution >= 0.6 is 0 Å². The van der Waals surface area contributed by atoms with Gasteiger partial charge in [0.25, 0.3) is 0 Å². The summed E-state index contributed by atoms with van der Waals surface area (Å²) >= 11 is 0. The number of furan rings is 1. The van der Waals surface area contributed by atoms with E-state index in [4.69, 9.17) is 19.4 Å². The fourth-order valence-electron chi connectivity index (χ4n) is 12.0. The van der Waals surface area contributed by atoms with E-state index in [1.807, 2.05) is 42.5 Å². The van der Waals surface area contributed by atoms with Crippen molar-refractivity contribution in [3.05, 3.63) is 242 Å². The van der Waals surface area contributed by atoms with Crippen molar-refractivity contribution in [3.8, 4) is 73.2 Å². The van der Waals surface area contributed by atoms with E-state index in [0.29, 0.717) is 17.5 Å². The van der Waals surface area contributed by atoms with Gasteiger partial charge < -0.3 is 8.98 Å². The molecule has 342 valence electrons. The van der Waals surface area contributed by atoms with E-state index in [1.165, 1.54) is 65.7 Å². The van der Waals surface area contributed by atoms with E-state index in [0.717, 1.165) is 66.5 Å². The maximum Gasteiger partial charge on any atom is 0.164 e. The van der Waals surface area contributed by atoms with Crippen LogP contribution in [-0.2, 0) is 5.41 Å². The molecule has 0 N–H and O–H groups in total. The van der Waals surface area contributed by atoms with E-state index < -0.39 is 0 Å². The smallest absolute Gasteiger partial charge is 0.164 e. The monoisotopic (exact) mass is 932 g/mol. The number of benzene rings is 11. The Kier molecular flexibility index (Phi) is 8.94. The van der Waals surface area contributed by atoms with Crippen molar-refractivity contribution in [2.75, 3.05) is 0 Å². The molecule has 3 aromatic heterocycles. The van der Waals surface area contributed by atoms with E-state index in [-0.39, 0.29) is 5.41 Å². The molecule has 3 heterocycles. The number of rotatable bonds is 6. The molecule has 5 nitrogen and oxygen atoms in total. The molecule has 0 unspecified atom stereocenters. The Morgan fingerprint density at radius 1 is 0.329 bits per heavy atom. The topological polar surface area (TPSA) is 56.7 Å². The Balaban J connectivity index is 0.953. The van der Waals surface area contributed by atoms with E-state index in [1.54, 1.807) is 0 Å². The first kappa shape index (κ1) is 41.3. The van der Waals surface area contributed by atoms with Gasteiger partial charge in [-0.05, 0) is 97.6 Å². The van der Waals surface area contributed by atoms with Crippen molar-refractivity contribution in [1.82, 2.24) is 19.5 Å². The van der Waals surface area contributed by atoms with E-state index in [9.17, 15) is 0 Å². The number of para-hydroxylation sites is 2. The maximum absolute atomic E-state index is 6.36. The largest absolute Gasteiger partial charge is 0.456 e. The first-order valence-electron chi connectivity index (χ1n) is 25.0. The van der Waals surface area contributed by atoms with E-state index >= 15 is 0 Å². The van der Waals surface area contributed by atoms with Gasteiger partial charge in [0.1, 0.15) is 11.2 Å². The molecule has 0 radical (unpaired) electrons. The fourth-order valence-corrected chi connectivity index (χ4v) is 12.0. The SMILES string of the molecule is CC1(C)c2ccccc2-c2cc(-c3cccc(-c4cccc5c6c7ccccc7c7ccccc7c6n(-c6cccc(-c7nc(-c8ccccc8)nc(-c8ccc9c(c8)oc8ccccc89)n7)c6)c45)c3)ccc21. The fraction of sp³-hybridized carbons (Fsp3) is 0.0441. The van der Waals surface area contributed by atoms with Gasteiger partial charge in [0.15, 0.2) is 17.5 Å². The Hall–Kier alpha value is -9.45. The maximum atomic E-state index is 6.36. The molecule has 0 fully saturated rings. The van der Waals surface area contributed by atoms with Crippen molar-refractivity contribution in [3.63, 3.8) is 0 Å². The second-order valence-electron chi connectivity index (χ2n) is 19.9. The van der Waals surface area contributed by atoms with Crippen molar-refractivity contribution in [1.29, 1.82) is 0 Å². The molecule has 14 aromatic rings. The Bertz CT molecular complexity index is 4600. The van der Waals surface area contributed by atoms with Crippen molar-refractivity contribution in [2.24, 2.45) is 0 Å². The highest BCUT2D eigenvalue weighted by Crippen LogP contribution is 2.50. The summed E-state index contributed by atoms with van der Waals surface area (Å²) in [5.74, 6) is 1.76. The summed E-state index contributed by atoms with van der Waals surface area (Å²) in [6, 6.07) is 82.8. The highest BCUT2D eigenvalue weighted by Gasteiger charge is 2.35. The van der Waals surface area contributed by atoms with Crippen LogP contribution in [0.15, 0.2) is 235 Å². The lowest BCUT2D eigenvalue weighted by molar-refractivity contribution is 0.660. The summed E-state index contributed by atoms with van der Waals surface area (Å²) in [4.78, 5) is 15.6. The third-order valence-corrected chi connectivity index (χ3v) is 15.4. The van der Waals surface area contributed by atoms with Gasteiger partial charge >= 0.3 is 0 Å². The molecule has 11 aromatic carbocycles. The summed E-state index contributed by atoms with van der Waals surface area (Å²) in [6.07, 6.45) is 0. The van der Waals surface area contributed by atoms with E-state index in [2.05, 4.69) is 206 Å². The quantitative estimate of drug-likeness (QED) is 0.156. The molecule has 1 aliphatic carbocycles. The van der Waals surface area contributed by atoms with Crippen LogP contribution in [-0.4, -0.2) is 19.5 Å². The predicted molar refractivity (Wildman–Crippen MR) is 301 cm³/mol. The van der Waals surface area contributed by atoms with Gasteiger partial charge in [0.05, 0.1) is 11.0 Å². The van der Waals surface area contributed by atoms with Gasteiger partial charge in [-0.3, -0.25) is 0 Å². The molecular weight excluding hydrogens is 889 g/mol. The number of fused-ring (bicyclic) bond motifs is 14. The lowest BCUT2D eigenvalue weighted by Crippen LogP contribution is -2.14. The van der Waals surface area contributed by atoms with Gasteiger partial charge in [0, 0.05) is 60.3 Å².